The Morgan fingerprint density at radius 1 is 1.06 bits per heavy atom. The molecule has 1 N–H and O–H groups in total. The van der Waals surface area contributed by atoms with Gasteiger partial charge < -0.3 is 5.11 Å². The average molecular weight is 451 g/mol. The molecule has 4 rings (SSSR count). The van der Waals surface area contributed by atoms with Gasteiger partial charge in [-0.05, 0) is 55.2 Å². The second-order valence-corrected chi connectivity index (χ2v) is 9.32. The van der Waals surface area contributed by atoms with Crippen LogP contribution in [0.3, 0.4) is 0 Å². The molecule has 1 fully saturated rings. The van der Waals surface area contributed by atoms with Crippen LogP contribution in [0.1, 0.15) is 53.1 Å². The van der Waals surface area contributed by atoms with E-state index in [0.29, 0.717) is 16.6 Å². The molecule has 1 saturated heterocycles. The van der Waals surface area contributed by atoms with Crippen LogP contribution in [0, 0.1) is 19.7 Å². The molecule has 1 amide bonds. The van der Waals surface area contributed by atoms with E-state index in [0.717, 1.165) is 16.1 Å². The zero-order chi connectivity index (χ0) is 23.2. The van der Waals surface area contributed by atoms with Crippen molar-refractivity contribution in [1.29, 1.82) is 0 Å². The fourth-order valence-electron chi connectivity index (χ4n) is 3.73. The number of hydrogen-bond acceptors (Lipinski definition) is 5. The second kappa shape index (κ2) is 8.31. The number of ketones is 1. The topological polar surface area (TPSA) is 70.5 Å². The van der Waals surface area contributed by atoms with Gasteiger partial charge in [0.15, 0.2) is 5.13 Å². The largest absolute Gasteiger partial charge is 0.507 e. The van der Waals surface area contributed by atoms with E-state index in [4.69, 9.17) is 0 Å². The number of aliphatic hydroxyl groups is 1. The van der Waals surface area contributed by atoms with E-state index >= 15 is 0 Å². The highest BCUT2D eigenvalue weighted by molar-refractivity contribution is 7.16. The Morgan fingerprint density at radius 2 is 1.69 bits per heavy atom. The Morgan fingerprint density at radius 3 is 2.22 bits per heavy atom. The molecular weight excluding hydrogens is 427 g/mol. The highest BCUT2D eigenvalue weighted by atomic mass is 32.1. The summed E-state index contributed by atoms with van der Waals surface area (Å²) in [5, 5.41) is 11.4. The highest BCUT2D eigenvalue weighted by Crippen LogP contribution is 2.43. The summed E-state index contributed by atoms with van der Waals surface area (Å²) < 4.78 is 13.4. The van der Waals surface area contributed by atoms with Crippen LogP contribution >= 0.6 is 11.3 Å². The maximum atomic E-state index is 13.4. The summed E-state index contributed by atoms with van der Waals surface area (Å²) >= 11 is 1.32. The number of aryl methyl sites for hydroxylation is 2. The van der Waals surface area contributed by atoms with Gasteiger partial charge in [-0.2, -0.15) is 0 Å². The summed E-state index contributed by atoms with van der Waals surface area (Å²) in [5.41, 5.74) is 2.80. The zero-order valence-corrected chi connectivity index (χ0v) is 19.0. The number of nitrogens with zero attached hydrogens (tertiary/aromatic N) is 2. The third-order valence-electron chi connectivity index (χ3n) is 5.70. The van der Waals surface area contributed by atoms with Crippen LogP contribution in [-0.4, -0.2) is 21.8 Å². The molecule has 0 bridgehead atoms. The SMILES string of the molecule is Cc1nc(N2C(=O)C(=O)C(=C(O)c3ccc(F)cc3)[C@@H]2c2ccc(C(C)C)cc2)sc1C. The van der Waals surface area contributed by atoms with Gasteiger partial charge in [0.05, 0.1) is 17.3 Å². The number of hydrogen-bond donors (Lipinski definition) is 1. The van der Waals surface area contributed by atoms with E-state index < -0.39 is 23.5 Å². The fourth-order valence-corrected chi connectivity index (χ4v) is 4.67. The third kappa shape index (κ3) is 3.73. The summed E-state index contributed by atoms with van der Waals surface area (Å²) in [6, 6.07) is 12.0. The molecule has 0 saturated carbocycles. The van der Waals surface area contributed by atoms with Crippen molar-refractivity contribution in [2.24, 2.45) is 0 Å². The van der Waals surface area contributed by atoms with Crippen molar-refractivity contribution in [1.82, 2.24) is 4.98 Å². The maximum absolute atomic E-state index is 13.4. The lowest BCUT2D eigenvalue weighted by Crippen LogP contribution is -2.29. The number of carbonyl (C=O) groups is 2. The van der Waals surface area contributed by atoms with E-state index in [1.165, 1.54) is 40.5 Å². The van der Waals surface area contributed by atoms with Crippen LogP contribution in [0.2, 0.25) is 0 Å². The van der Waals surface area contributed by atoms with E-state index in [1.54, 1.807) is 0 Å². The number of Topliss-reactive ketones (excluding diaryl/α,β-unsaturated/α-hetero) is 1. The van der Waals surface area contributed by atoms with Crippen LogP contribution in [0.25, 0.3) is 5.76 Å². The molecule has 0 radical (unpaired) electrons. The summed E-state index contributed by atoms with van der Waals surface area (Å²) in [6.45, 7) is 7.91. The molecular formula is C25H23FN2O3S. The van der Waals surface area contributed by atoms with Gasteiger partial charge in [0.25, 0.3) is 5.78 Å². The van der Waals surface area contributed by atoms with E-state index in [1.807, 2.05) is 38.1 Å². The highest BCUT2D eigenvalue weighted by Gasteiger charge is 2.48. The summed E-state index contributed by atoms with van der Waals surface area (Å²) in [5.74, 6) is -2.03. The molecule has 2 aromatic carbocycles. The van der Waals surface area contributed by atoms with Crippen molar-refractivity contribution in [2.45, 2.75) is 39.7 Å². The predicted octanol–water partition coefficient (Wildman–Crippen LogP) is 5.65. The number of aliphatic hydroxyl groups excluding tert-OH is 1. The molecule has 2 heterocycles. The maximum Gasteiger partial charge on any atom is 0.301 e. The van der Waals surface area contributed by atoms with Gasteiger partial charge in [-0.3, -0.25) is 14.5 Å². The van der Waals surface area contributed by atoms with Gasteiger partial charge in [0, 0.05) is 10.4 Å². The minimum atomic E-state index is -0.841. The van der Waals surface area contributed by atoms with Crippen molar-refractivity contribution in [3.63, 3.8) is 0 Å². The monoisotopic (exact) mass is 450 g/mol. The minimum absolute atomic E-state index is 0.0376. The van der Waals surface area contributed by atoms with Crippen molar-refractivity contribution in [3.05, 3.63) is 87.2 Å². The second-order valence-electron chi connectivity index (χ2n) is 8.14. The zero-order valence-electron chi connectivity index (χ0n) is 18.2. The lowest BCUT2D eigenvalue weighted by molar-refractivity contribution is -0.132. The first kappa shape index (κ1) is 21.9. The van der Waals surface area contributed by atoms with Gasteiger partial charge in [-0.15, -0.1) is 11.3 Å². The standard InChI is InChI=1S/C25H23FN2O3S/c1-13(2)16-5-7-17(8-6-16)21-20(22(29)18-9-11-19(26)12-10-18)23(30)24(31)28(21)25-27-14(3)15(4)32-25/h5-13,21,29H,1-4H3/t21-/m0/s1. The Labute approximate surface area is 189 Å². The van der Waals surface area contributed by atoms with Crippen molar-refractivity contribution < 1.29 is 19.1 Å². The summed E-state index contributed by atoms with van der Waals surface area (Å²) in [4.78, 5) is 33.0. The molecule has 164 valence electrons. The molecule has 3 aromatic rings. The van der Waals surface area contributed by atoms with E-state index in [2.05, 4.69) is 18.8 Å². The van der Waals surface area contributed by atoms with Gasteiger partial charge >= 0.3 is 5.91 Å². The fraction of sp³-hybridized carbons (Fsp3) is 0.240. The number of benzene rings is 2. The summed E-state index contributed by atoms with van der Waals surface area (Å²) in [7, 11) is 0. The number of anilines is 1. The molecule has 5 nitrogen and oxygen atoms in total. The van der Waals surface area contributed by atoms with Gasteiger partial charge in [0.2, 0.25) is 0 Å². The number of amides is 1. The lowest BCUT2D eigenvalue weighted by Gasteiger charge is -2.23. The quantitative estimate of drug-likeness (QED) is 0.317. The molecule has 1 aromatic heterocycles. The van der Waals surface area contributed by atoms with Gasteiger partial charge in [-0.1, -0.05) is 38.1 Å². The van der Waals surface area contributed by atoms with E-state index in [9.17, 15) is 19.1 Å². The van der Waals surface area contributed by atoms with Crippen LogP contribution in [0.4, 0.5) is 9.52 Å². The van der Waals surface area contributed by atoms with Crippen molar-refractivity contribution in [3.8, 4) is 0 Å². The first-order valence-corrected chi connectivity index (χ1v) is 11.1. The van der Waals surface area contributed by atoms with Crippen LogP contribution in [0.5, 0.6) is 0 Å². The van der Waals surface area contributed by atoms with Gasteiger partial charge in [0.1, 0.15) is 11.6 Å². The predicted molar refractivity (Wildman–Crippen MR) is 123 cm³/mol. The van der Waals surface area contributed by atoms with Crippen LogP contribution in [0.15, 0.2) is 54.1 Å². The lowest BCUT2D eigenvalue weighted by atomic mass is 9.93. The Bertz CT molecular complexity index is 1210. The number of carbonyl (C=O) groups excluding carboxylic acids is 2. The van der Waals surface area contributed by atoms with E-state index in [-0.39, 0.29) is 16.9 Å². The number of halogens is 1. The number of aromatic nitrogens is 1. The molecule has 32 heavy (non-hydrogen) atoms. The number of thiazole rings is 1. The molecule has 0 spiro atoms. The van der Waals surface area contributed by atoms with Crippen LogP contribution in [-0.2, 0) is 9.59 Å². The average Bonchev–Trinajstić information content (AvgIpc) is 3.23. The minimum Gasteiger partial charge on any atom is -0.507 e. The summed E-state index contributed by atoms with van der Waals surface area (Å²) in [6.07, 6.45) is 0. The van der Waals surface area contributed by atoms with Crippen molar-refractivity contribution in [2.75, 3.05) is 4.90 Å². The molecule has 7 heteroatoms. The smallest absolute Gasteiger partial charge is 0.301 e. The molecule has 1 aliphatic heterocycles. The van der Waals surface area contributed by atoms with Crippen molar-refractivity contribution >= 4 is 33.9 Å². The Balaban J connectivity index is 1.92. The molecule has 1 atom stereocenters. The van der Waals surface area contributed by atoms with Crippen LogP contribution < -0.4 is 4.90 Å². The molecule has 0 aliphatic carbocycles. The third-order valence-corrected chi connectivity index (χ3v) is 6.78. The Hall–Kier alpha value is -3.32. The number of rotatable bonds is 4. The first-order valence-electron chi connectivity index (χ1n) is 10.3. The molecule has 0 unspecified atom stereocenters. The normalized spacial score (nSPS) is 18.1. The van der Waals surface area contributed by atoms with Gasteiger partial charge in [-0.25, -0.2) is 9.37 Å². The first-order chi connectivity index (χ1) is 15.2. The Kier molecular flexibility index (Phi) is 5.69. The molecule has 1 aliphatic rings.